The third-order valence-corrected chi connectivity index (χ3v) is 1.81. The van der Waals surface area contributed by atoms with E-state index in [2.05, 4.69) is 0 Å². The fourth-order valence-corrected chi connectivity index (χ4v) is 1.11. The van der Waals surface area contributed by atoms with E-state index in [0.717, 1.165) is 0 Å². The maximum absolute atomic E-state index is 9.18. The van der Waals surface area contributed by atoms with Gasteiger partial charge in [0.2, 0.25) is 0 Å². The van der Waals surface area contributed by atoms with Gasteiger partial charge in [0, 0.05) is 5.56 Å². The van der Waals surface area contributed by atoms with E-state index in [4.69, 9.17) is 15.6 Å². The van der Waals surface area contributed by atoms with Crippen LogP contribution in [0.5, 0.6) is 11.5 Å². The van der Waals surface area contributed by atoms with Crippen LogP contribution in [0, 0.1) is 0 Å². The van der Waals surface area contributed by atoms with Gasteiger partial charge in [-0.3, -0.25) is 0 Å². The van der Waals surface area contributed by atoms with Gasteiger partial charge in [-0.05, 0) is 18.2 Å². The topological polar surface area (TPSA) is 75.7 Å². The Hall–Kier alpha value is -1.26. The molecule has 4 nitrogen and oxygen atoms in total. The van der Waals surface area contributed by atoms with E-state index in [-0.39, 0.29) is 12.4 Å². The molecule has 0 amide bonds. The van der Waals surface area contributed by atoms with Gasteiger partial charge in [-0.25, -0.2) is 0 Å². The van der Waals surface area contributed by atoms with Crippen molar-refractivity contribution in [3.63, 3.8) is 0 Å². The maximum atomic E-state index is 9.18. The molecule has 0 unspecified atom stereocenters. The number of aliphatic hydroxyl groups excluding tert-OH is 1. The molecular formula is C9H13NO3. The van der Waals surface area contributed by atoms with Crippen LogP contribution in [0.1, 0.15) is 11.6 Å². The molecule has 1 aromatic carbocycles. The van der Waals surface area contributed by atoms with E-state index in [1.54, 1.807) is 6.07 Å². The Morgan fingerprint density at radius 1 is 1.54 bits per heavy atom. The summed E-state index contributed by atoms with van der Waals surface area (Å²) in [6.07, 6.45) is 0. The lowest BCUT2D eigenvalue weighted by Crippen LogP contribution is -2.15. The summed E-state index contributed by atoms with van der Waals surface area (Å²) in [6, 6.07) is 4.08. The van der Waals surface area contributed by atoms with Crippen LogP contribution in [0.4, 0.5) is 0 Å². The average molecular weight is 183 g/mol. The number of ether oxygens (including phenoxy) is 1. The first-order valence-electron chi connectivity index (χ1n) is 3.92. The van der Waals surface area contributed by atoms with Gasteiger partial charge in [0.15, 0.2) is 0 Å². The Kier molecular flexibility index (Phi) is 3.11. The summed E-state index contributed by atoms with van der Waals surface area (Å²) in [5.41, 5.74) is 6.20. The standard InChI is InChI=1S/C9H13NO3/c1-13-9-3-2-6(12)4-7(9)8(10)5-11/h2-4,8,11-12H,5,10H2,1H3/t8-/m0/s1. The van der Waals surface area contributed by atoms with Gasteiger partial charge < -0.3 is 20.7 Å². The predicted octanol–water partition coefficient (Wildman–Crippen LogP) is 0.393. The Labute approximate surface area is 76.6 Å². The number of phenolic OH excluding ortho intramolecular Hbond substituents is 1. The van der Waals surface area contributed by atoms with E-state index in [1.165, 1.54) is 19.2 Å². The van der Waals surface area contributed by atoms with Crippen LogP contribution in [0.25, 0.3) is 0 Å². The van der Waals surface area contributed by atoms with Gasteiger partial charge in [0.1, 0.15) is 11.5 Å². The molecule has 0 saturated carbocycles. The number of benzene rings is 1. The highest BCUT2D eigenvalue weighted by molar-refractivity contribution is 5.41. The molecule has 0 fully saturated rings. The molecule has 0 bridgehead atoms. The van der Waals surface area contributed by atoms with E-state index in [9.17, 15) is 5.11 Å². The number of phenols is 1. The van der Waals surface area contributed by atoms with E-state index < -0.39 is 6.04 Å². The first kappa shape index (κ1) is 9.83. The molecule has 1 aromatic rings. The van der Waals surface area contributed by atoms with Crippen molar-refractivity contribution in [2.24, 2.45) is 5.73 Å². The molecule has 0 aliphatic rings. The number of aromatic hydroxyl groups is 1. The van der Waals surface area contributed by atoms with Gasteiger partial charge in [0.05, 0.1) is 19.8 Å². The zero-order chi connectivity index (χ0) is 9.84. The zero-order valence-electron chi connectivity index (χ0n) is 7.40. The molecule has 0 heterocycles. The van der Waals surface area contributed by atoms with E-state index >= 15 is 0 Å². The lowest BCUT2D eigenvalue weighted by Gasteiger charge is -2.13. The Morgan fingerprint density at radius 3 is 2.77 bits per heavy atom. The van der Waals surface area contributed by atoms with Gasteiger partial charge in [0.25, 0.3) is 0 Å². The first-order chi connectivity index (χ1) is 6.19. The molecule has 0 aromatic heterocycles. The summed E-state index contributed by atoms with van der Waals surface area (Å²) >= 11 is 0. The van der Waals surface area contributed by atoms with Crippen molar-refractivity contribution in [1.82, 2.24) is 0 Å². The highest BCUT2D eigenvalue weighted by Crippen LogP contribution is 2.27. The molecule has 0 spiro atoms. The van der Waals surface area contributed by atoms with E-state index in [1.807, 2.05) is 0 Å². The van der Waals surface area contributed by atoms with E-state index in [0.29, 0.717) is 11.3 Å². The van der Waals surface area contributed by atoms with Crippen LogP contribution in [0.15, 0.2) is 18.2 Å². The van der Waals surface area contributed by atoms with Crippen LogP contribution in [0.2, 0.25) is 0 Å². The second kappa shape index (κ2) is 4.11. The van der Waals surface area contributed by atoms with Crippen molar-refractivity contribution in [1.29, 1.82) is 0 Å². The largest absolute Gasteiger partial charge is 0.508 e. The van der Waals surface area contributed by atoms with Crippen molar-refractivity contribution in [2.75, 3.05) is 13.7 Å². The van der Waals surface area contributed by atoms with Crippen LogP contribution in [-0.2, 0) is 0 Å². The van der Waals surface area contributed by atoms with Crippen molar-refractivity contribution in [3.8, 4) is 11.5 Å². The second-order valence-corrected chi connectivity index (χ2v) is 2.72. The van der Waals surface area contributed by atoms with Crippen LogP contribution in [0.3, 0.4) is 0 Å². The molecule has 0 aliphatic heterocycles. The first-order valence-corrected chi connectivity index (χ1v) is 3.92. The fraction of sp³-hybridized carbons (Fsp3) is 0.333. The zero-order valence-corrected chi connectivity index (χ0v) is 7.40. The summed E-state index contributed by atoms with van der Waals surface area (Å²) in [5.74, 6) is 0.680. The maximum Gasteiger partial charge on any atom is 0.123 e. The average Bonchev–Trinajstić information content (AvgIpc) is 2.16. The molecule has 13 heavy (non-hydrogen) atoms. The molecule has 4 heteroatoms. The highest BCUT2D eigenvalue weighted by Gasteiger charge is 2.11. The monoisotopic (exact) mass is 183 g/mol. The number of hydrogen-bond donors (Lipinski definition) is 3. The minimum Gasteiger partial charge on any atom is -0.508 e. The quantitative estimate of drug-likeness (QED) is 0.633. The van der Waals surface area contributed by atoms with Gasteiger partial charge in [-0.2, -0.15) is 0 Å². The summed E-state index contributed by atoms with van der Waals surface area (Å²) in [6.45, 7) is -0.181. The van der Waals surface area contributed by atoms with Crippen molar-refractivity contribution < 1.29 is 14.9 Å². The molecule has 1 rings (SSSR count). The molecular weight excluding hydrogens is 170 g/mol. The summed E-state index contributed by atoms with van der Waals surface area (Å²) in [7, 11) is 1.51. The Balaban J connectivity index is 3.07. The minimum atomic E-state index is -0.526. The Bertz CT molecular complexity index is 288. The summed E-state index contributed by atoms with van der Waals surface area (Å²) in [5, 5.41) is 18.0. The van der Waals surface area contributed by atoms with Crippen LogP contribution in [-0.4, -0.2) is 23.9 Å². The van der Waals surface area contributed by atoms with Gasteiger partial charge >= 0.3 is 0 Å². The lowest BCUT2D eigenvalue weighted by molar-refractivity contribution is 0.264. The summed E-state index contributed by atoms with van der Waals surface area (Å²) in [4.78, 5) is 0. The van der Waals surface area contributed by atoms with Crippen LogP contribution < -0.4 is 10.5 Å². The molecule has 0 aliphatic carbocycles. The number of nitrogens with two attached hydrogens (primary N) is 1. The van der Waals surface area contributed by atoms with Crippen molar-refractivity contribution >= 4 is 0 Å². The molecule has 0 saturated heterocycles. The lowest BCUT2D eigenvalue weighted by atomic mass is 10.1. The summed E-state index contributed by atoms with van der Waals surface area (Å²) < 4.78 is 5.02. The van der Waals surface area contributed by atoms with Gasteiger partial charge in [-0.1, -0.05) is 0 Å². The molecule has 4 N–H and O–H groups in total. The predicted molar refractivity (Wildman–Crippen MR) is 48.7 cm³/mol. The second-order valence-electron chi connectivity index (χ2n) is 2.72. The SMILES string of the molecule is COc1ccc(O)cc1[C@@H](N)CO. The fourth-order valence-electron chi connectivity index (χ4n) is 1.11. The number of aliphatic hydroxyl groups is 1. The normalized spacial score (nSPS) is 12.5. The molecule has 72 valence electrons. The van der Waals surface area contributed by atoms with Crippen molar-refractivity contribution in [2.45, 2.75) is 6.04 Å². The third kappa shape index (κ3) is 2.11. The van der Waals surface area contributed by atoms with Gasteiger partial charge in [-0.15, -0.1) is 0 Å². The minimum absolute atomic E-state index is 0.111. The smallest absolute Gasteiger partial charge is 0.123 e. The molecule has 1 atom stereocenters. The molecule has 0 radical (unpaired) electrons. The van der Waals surface area contributed by atoms with Crippen molar-refractivity contribution in [3.05, 3.63) is 23.8 Å². The number of methoxy groups -OCH3 is 1. The Morgan fingerprint density at radius 2 is 2.23 bits per heavy atom. The number of hydrogen-bond acceptors (Lipinski definition) is 4. The van der Waals surface area contributed by atoms with Crippen LogP contribution >= 0.6 is 0 Å². The highest BCUT2D eigenvalue weighted by atomic mass is 16.5. The number of rotatable bonds is 3. The third-order valence-electron chi connectivity index (χ3n) is 1.81.